The predicted molar refractivity (Wildman–Crippen MR) is 75.1 cm³/mol. The second kappa shape index (κ2) is 5.43. The Morgan fingerprint density at radius 1 is 1.17 bits per heavy atom. The second-order valence-corrected chi connectivity index (χ2v) is 5.12. The maximum absolute atomic E-state index is 9.04. The van der Waals surface area contributed by atoms with Crippen LogP contribution in [0, 0.1) is 18.3 Å². The molecule has 0 aromatic heterocycles. The molecule has 0 amide bonds. The van der Waals surface area contributed by atoms with Crippen molar-refractivity contribution < 1.29 is 4.74 Å². The van der Waals surface area contributed by atoms with Crippen molar-refractivity contribution in [2.24, 2.45) is 0 Å². The molecule has 2 aromatic rings. The molecule has 0 aliphatic carbocycles. The van der Waals surface area contributed by atoms with Crippen molar-refractivity contribution in [1.82, 2.24) is 0 Å². The molecule has 2 nitrogen and oxygen atoms in total. The molecule has 0 saturated carbocycles. The zero-order valence-electron chi connectivity index (χ0n) is 9.58. The van der Waals surface area contributed by atoms with Crippen LogP contribution in [0.15, 0.2) is 40.9 Å². The summed E-state index contributed by atoms with van der Waals surface area (Å²) in [7, 11) is 0. The number of aryl methyl sites for hydroxylation is 1. The number of rotatable bonds is 2. The molecule has 90 valence electrons. The zero-order valence-corrected chi connectivity index (χ0v) is 11.9. The third-order valence-corrected chi connectivity index (χ3v) is 3.15. The average molecular weight is 323 g/mol. The Hall–Kier alpha value is -1.50. The van der Waals surface area contributed by atoms with Crippen LogP contribution in [0.2, 0.25) is 5.02 Å². The molecule has 0 N–H and O–H groups in total. The maximum Gasteiger partial charge on any atom is 0.145 e. The van der Waals surface area contributed by atoms with Crippen molar-refractivity contribution in [2.45, 2.75) is 6.92 Å². The summed E-state index contributed by atoms with van der Waals surface area (Å²) in [6.07, 6.45) is 0. The van der Waals surface area contributed by atoms with Crippen LogP contribution < -0.4 is 4.74 Å². The van der Waals surface area contributed by atoms with Gasteiger partial charge >= 0.3 is 0 Å². The molecule has 0 fully saturated rings. The second-order valence-electron chi connectivity index (χ2n) is 3.76. The largest absolute Gasteiger partial charge is 0.456 e. The third-order valence-electron chi connectivity index (χ3n) is 2.42. The number of nitrogens with zero attached hydrogens (tertiary/aromatic N) is 1. The Labute approximate surface area is 119 Å². The summed E-state index contributed by atoms with van der Waals surface area (Å²) in [5.74, 6) is 1.23. The molecule has 0 saturated heterocycles. The van der Waals surface area contributed by atoms with Gasteiger partial charge in [0, 0.05) is 9.50 Å². The van der Waals surface area contributed by atoms with Crippen LogP contribution in [0.25, 0.3) is 0 Å². The van der Waals surface area contributed by atoms with Gasteiger partial charge in [0.1, 0.15) is 17.6 Å². The third kappa shape index (κ3) is 2.84. The number of nitriles is 1. The Kier molecular flexibility index (Phi) is 3.90. The topological polar surface area (TPSA) is 33.0 Å². The standard InChI is InChI=1S/C14H9BrClNO/c1-9-6-11(15)2-4-13(9)18-14-5-3-12(16)7-10(14)8-17/h2-7H,1H3. The first-order valence-corrected chi connectivity index (χ1v) is 6.41. The highest BCUT2D eigenvalue weighted by atomic mass is 79.9. The fourth-order valence-corrected chi connectivity index (χ4v) is 2.17. The minimum atomic E-state index is 0.421. The van der Waals surface area contributed by atoms with Gasteiger partial charge < -0.3 is 4.74 Å². The van der Waals surface area contributed by atoms with Gasteiger partial charge in [-0.05, 0) is 48.9 Å². The Morgan fingerprint density at radius 3 is 2.56 bits per heavy atom. The summed E-state index contributed by atoms with van der Waals surface area (Å²) in [4.78, 5) is 0. The van der Waals surface area contributed by atoms with E-state index in [9.17, 15) is 0 Å². The molecule has 0 radical (unpaired) electrons. The predicted octanol–water partition coefficient (Wildman–Crippen LogP) is 5.07. The lowest BCUT2D eigenvalue weighted by Crippen LogP contribution is -1.90. The Balaban J connectivity index is 2.37. The van der Waals surface area contributed by atoms with E-state index in [2.05, 4.69) is 22.0 Å². The fourth-order valence-electron chi connectivity index (χ4n) is 1.52. The number of hydrogen-bond donors (Lipinski definition) is 0. The van der Waals surface area contributed by atoms with E-state index in [1.807, 2.05) is 25.1 Å². The van der Waals surface area contributed by atoms with Crippen LogP contribution in [0.1, 0.15) is 11.1 Å². The van der Waals surface area contributed by atoms with E-state index in [1.54, 1.807) is 18.2 Å². The van der Waals surface area contributed by atoms with Crippen LogP contribution in [0.4, 0.5) is 0 Å². The lowest BCUT2D eigenvalue weighted by Gasteiger charge is -2.10. The van der Waals surface area contributed by atoms with Crippen LogP contribution in [-0.2, 0) is 0 Å². The van der Waals surface area contributed by atoms with Gasteiger partial charge in [0.15, 0.2) is 0 Å². The van der Waals surface area contributed by atoms with E-state index < -0.39 is 0 Å². The normalized spacial score (nSPS) is 9.89. The molecular weight excluding hydrogens is 314 g/mol. The highest BCUT2D eigenvalue weighted by Crippen LogP contribution is 2.30. The number of halogens is 2. The van der Waals surface area contributed by atoms with Crippen molar-refractivity contribution in [3.8, 4) is 17.6 Å². The molecule has 0 spiro atoms. The quantitative estimate of drug-likeness (QED) is 0.773. The first-order valence-electron chi connectivity index (χ1n) is 5.24. The summed E-state index contributed by atoms with van der Waals surface area (Å²) in [5, 5.41) is 9.56. The summed E-state index contributed by atoms with van der Waals surface area (Å²) >= 11 is 9.23. The van der Waals surface area contributed by atoms with Gasteiger partial charge in [-0.2, -0.15) is 5.26 Å². The number of hydrogen-bond acceptors (Lipinski definition) is 2. The van der Waals surface area contributed by atoms with Gasteiger partial charge in [-0.25, -0.2) is 0 Å². The minimum Gasteiger partial charge on any atom is -0.456 e. The molecule has 0 atom stereocenters. The Morgan fingerprint density at radius 2 is 1.89 bits per heavy atom. The monoisotopic (exact) mass is 321 g/mol. The van der Waals surface area contributed by atoms with Gasteiger partial charge in [0.2, 0.25) is 0 Å². The highest BCUT2D eigenvalue weighted by Gasteiger charge is 2.07. The summed E-state index contributed by atoms with van der Waals surface area (Å²) in [6.45, 7) is 1.95. The smallest absolute Gasteiger partial charge is 0.145 e. The minimum absolute atomic E-state index is 0.421. The van der Waals surface area contributed by atoms with Crippen molar-refractivity contribution in [2.75, 3.05) is 0 Å². The number of benzene rings is 2. The van der Waals surface area contributed by atoms with Crippen molar-refractivity contribution in [3.05, 3.63) is 57.0 Å². The van der Waals surface area contributed by atoms with Gasteiger partial charge in [0.25, 0.3) is 0 Å². The average Bonchev–Trinajstić information content (AvgIpc) is 2.34. The van der Waals surface area contributed by atoms with Gasteiger partial charge in [-0.3, -0.25) is 0 Å². The molecule has 0 aliphatic rings. The van der Waals surface area contributed by atoms with Crippen molar-refractivity contribution in [3.63, 3.8) is 0 Å². The van der Waals surface area contributed by atoms with Crippen molar-refractivity contribution >= 4 is 27.5 Å². The van der Waals surface area contributed by atoms with Gasteiger partial charge in [0.05, 0.1) is 5.56 Å². The number of ether oxygens (including phenoxy) is 1. The van der Waals surface area contributed by atoms with E-state index in [0.29, 0.717) is 16.3 Å². The SMILES string of the molecule is Cc1cc(Br)ccc1Oc1ccc(Cl)cc1C#N. The van der Waals surface area contributed by atoms with E-state index in [-0.39, 0.29) is 0 Å². The van der Waals surface area contributed by atoms with Gasteiger partial charge in [-0.15, -0.1) is 0 Å². The summed E-state index contributed by atoms with van der Waals surface area (Å²) in [5.41, 5.74) is 1.41. The van der Waals surface area contributed by atoms with Gasteiger partial charge in [-0.1, -0.05) is 27.5 Å². The first kappa shape index (κ1) is 12.9. The molecule has 2 aromatic carbocycles. The van der Waals surface area contributed by atoms with Crippen LogP contribution >= 0.6 is 27.5 Å². The van der Waals surface area contributed by atoms with E-state index in [0.717, 1.165) is 15.8 Å². The van der Waals surface area contributed by atoms with Crippen LogP contribution in [-0.4, -0.2) is 0 Å². The summed E-state index contributed by atoms with van der Waals surface area (Å²) in [6, 6.07) is 12.8. The first-order chi connectivity index (χ1) is 8.60. The summed E-state index contributed by atoms with van der Waals surface area (Å²) < 4.78 is 6.73. The van der Waals surface area contributed by atoms with Crippen molar-refractivity contribution in [1.29, 1.82) is 5.26 Å². The Bertz CT molecular complexity index is 634. The highest BCUT2D eigenvalue weighted by molar-refractivity contribution is 9.10. The van der Waals surface area contributed by atoms with E-state index in [1.165, 1.54) is 0 Å². The lowest BCUT2D eigenvalue weighted by molar-refractivity contribution is 0.477. The molecule has 4 heteroatoms. The molecule has 18 heavy (non-hydrogen) atoms. The fraction of sp³-hybridized carbons (Fsp3) is 0.0714. The lowest BCUT2D eigenvalue weighted by atomic mass is 10.2. The maximum atomic E-state index is 9.04. The molecule has 0 unspecified atom stereocenters. The molecular formula is C14H9BrClNO. The van der Waals surface area contributed by atoms with Crippen LogP contribution in [0.3, 0.4) is 0 Å². The molecule has 2 rings (SSSR count). The zero-order chi connectivity index (χ0) is 13.1. The molecule has 0 heterocycles. The molecule has 0 aliphatic heterocycles. The van der Waals surface area contributed by atoms with E-state index >= 15 is 0 Å². The van der Waals surface area contributed by atoms with E-state index in [4.69, 9.17) is 21.6 Å². The molecule has 0 bridgehead atoms. The van der Waals surface area contributed by atoms with Crippen LogP contribution in [0.5, 0.6) is 11.5 Å².